The number of ether oxygens (including phenoxy) is 1. The van der Waals surface area contributed by atoms with Crippen LogP contribution in [0.3, 0.4) is 0 Å². The molecule has 0 spiro atoms. The number of esters is 1. The van der Waals surface area contributed by atoms with Crippen molar-refractivity contribution in [3.8, 4) is 0 Å². The monoisotopic (exact) mass is 268 g/mol. The number of cyclic esters (lactones) is 1. The lowest BCUT2D eigenvalue weighted by molar-refractivity contribution is -0.305. The first-order valence-corrected chi connectivity index (χ1v) is 4.30. The minimum Gasteiger partial charge on any atom is -0.439 e. The first-order chi connectivity index (χ1) is 6.83. The Morgan fingerprint density at radius 3 is 1.94 bits per heavy atom. The summed E-state index contributed by atoms with van der Waals surface area (Å²) in [5.74, 6) is -1.79. The molecule has 16 heavy (non-hydrogen) atoms. The highest BCUT2D eigenvalue weighted by Gasteiger charge is 2.78. The van der Waals surface area contributed by atoms with Crippen LogP contribution in [0.1, 0.15) is 13.3 Å². The third-order valence-electron chi connectivity index (χ3n) is 2.22. The molecule has 0 saturated carbocycles. The van der Waals surface area contributed by atoms with Crippen LogP contribution in [0, 0.1) is 0 Å². The smallest absolute Gasteiger partial charge is 0.435 e. The van der Waals surface area contributed by atoms with Crippen molar-refractivity contribution in [3.63, 3.8) is 0 Å². The van der Waals surface area contributed by atoms with E-state index < -0.39 is 35.2 Å². The quantitative estimate of drug-likeness (QED) is 0.448. The van der Waals surface area contributed by atoms with Gasteiger partial charge in [0, 0.05) is 6.42 Å². The van der Waals surface area contributed by atoms with Gasteiger partial charge in [0.25, 0.3) is 5.60 Å². The van der Waals surface area contributed by atoms with Gasteiger partial charge >= 0.3 is 17.5 Å². The topological polar surface area (TPSA) is 46.5 Å². The van der Waals surface area contributed by atoms with E-state index in [0.717, 1.165) is 0 Å². The third kappa shape index (κ3) is 1.73. The lowest BCUT2D eigenvalue weighted by Crippen LogP contribution is -2.56. The summed E-state index contributed by atoms with van der Waals surface area (Å²) in [4.78, 5) is 10.8. The minimum atomic E-state index is -5.59. The summed E-state index contributed by atoms with van der Waals surface area (Å²) < 4.78 is 66.5. The van der Waals surface area contributed by atoms with E-state index in [-0.39, 0.29) is 0 Å². The predicted molar refractivity (Wildman–Crippen MR) is 40.9 cm³/mol. The summed E-state index contributed by atoms with van der Waals surface area (Å²) >= 11 is 4.33. The zero-order chi connectivity index (χ0) is 13.0. The SMILES string of the molecule is CC1(O)CC(C(F)(F)F)(C(F)(F)Cl)OC1=O. The molecule has 9 heteroatoms. The summed E-state index contributed by atoms with van der Waals surface area (Å²) in [6, 6.07) is 0. The van der Waals surface area contributed by atoms with Crippen LogP contribution in [0.25, 0.3) is 0 Å². The van der Waals surface area contributed by atoms with Crippen LogP contribution in [0.5, 0.6) is 0 Å². The van der Waals surface area contributed by atoms with Crippen molar-refractivity contribution in [3.05, 3.63) is 0 Å². The molecule has 0 aromatic heterocycles. The molecular weight excluding hydrogens is 263 g/mol. The second kappa shape index (κ2) is 3.19. The molecule has 1 fully saturated rings. The van der Waals surface area contributed by atoms with Gasteiger partial charge in [-0.1, -0.05) is 0 Å². The van der Waals surface area contributed by atoms with Crippen LogP contribution in [0.15, 0.2) is 0 Å². The van der Waals surface area contributed by atoms with Crippen LogP contribution < -0.4 is 0 Å². The zero-order valence-electron chi connectivity index (χ0n) is 7.74. The van der Waals surface area contributed by atoms with Gasteiger partial charge in [-0.25, -0.2) is 4.79 Å². The lowest BCUT2D eigenvalue weighted by Gasteiger charge is -2.33. The van der Waals surface area contributed by atoms with Crippen LogP contribution in [-0.4, -0.2) is 33.8 Å². The molecule has 2 unspecified atom stereocenters. The summed E-state index contributed by atoms with van der Waals surface area (Å²) in [7, 11) is 0. The van der Waals surface area contributed by atoms with Gasteiger partial charge in [-0.3, -0.25) is 0 Å². The number of carbonyl (C=O) groups excluding carboxylic acids is 1. The summed E-state index contributed by atoms with van der Waals surface area (Å²) in [5.41, 5.74) is -6.84. The van der Waals surface area contributed by atoms with Gasteiger partial charge in [-0.05, 0) is 18.5 Å². The summed E-state index contributed by atoms with van der Waals surface area (Å²) in [6.45, 7) is 0.644. The van der Waals surface area contributed by atoms with Crippen molar-refractivity contribution in [2.24, 2.45) is 0 Å². The standard InChI is InChI=1S/C7H6ClF5O3/c1-4(15)2-5(6(8,9)10,7(11,12)13)16-3(4)14/h15H,2H2,1H3. The van der Waals surface area contributed by atoms with Gasteiger partial charge in [0.1, 0.15) is 0 Å². The molecule has 1 N–H and O–H groups in total. The molecule has 1 heterocycles. The molecule has 1 rings (SSSR count). The van der Waals surface area contributed by atoms with Crippen molar-refractivity contribution >= 4 is 17.6 Å². The minimum absolute atomic E-state index is 0.644. The molecule has 1 saturated heterocycles. The van der Waals surface area contributed by atoms with E-state index in [1.165, 1.54) is 0 Å². The van der Waals surface area contributed by atoms with Crippen molar-refractivity contribution in [1.82, 2.24) is 0 Å². The Morgan fingerprint density at radius 1 is 1.38 bits per heavy atom. The van der Waals surface area contributed by atoms with Crippen LogP contribution in [0.4, 0.5) is 22.0 Å². The van der Waals surface area contributed by atoms with Gasteiger partial charge in [0.15, 0.2) is 5.60 Å². The number of halogens is 6. The molecule has 1 aliphatic heterocycles. The maximum Gasteiger partial charge on any atom is 0.435 e. The third-order valence-corrected chi connectivity index (χ3v) is 2.52. The summed E-state index contributed by atoms with van der Waals surface area (Å²) in [6.07, 6.45) is -7.24. The van der Waals surface area contributed by atoms with E-state index in [4.69, 9.17) is 5.11 Å². The lowest BCUT2D eigenvalue weighted by atomic mass is 9.91. The van der Waals surface area contributed by atoms with E-state index in [1.807, 2.05) is 0 Å². The van der Waals surface area contributed by atoms with Crippen LogP contribution in [-0.2, 0) is 9.53 Å². The highest BCUT2D eigenvalue weighted by atomic mass is 35.5. The second-order valence-corrected chi connectivity index (χ2v) is 4.14. The Morgan fingerprint density at radius 2 is 1.81 bits per heavy atom. The van der Waals surface area contributed by atoms with E-state index in [2.05, 4.69) is 16.3 Å². The van der Waals surface area contributed by atoms with Gasteiger partial charge in [0.05, 0.1) is 0 Å². The highest BCUT2D eigenvalue weighted by Crippen LogP contribution is 2.54. The van der Waals surface area contributed by atoms with E-state index in [9.17, 15) is 26.7 Å². The Bertz CT molecular complexity index is 305. The largest absolute Gasteiger partial charge is 0.439 e. The molecule has 3 nitrogen and oxygen atoms in total. The fourth-order valence-electron chi connectivity index (χ4n) is 1.34. The maximum atomic E-state index is 12.8. The first kappa shape index (κ1) is 13.4. The molecule has 0 bridgehead atoms. The number of carbonyl (C=O) groups is 1. The molecule has 94 valence electrons. The van der Waals surface area contributed by atoms with E-state index >= 15 is 0 Å². The van der Waals surface area contributed by atoms with Crippen molar-refractivity contribution < 1.29 is 36.6 Å². The Balaban J connectivity index is 3.28. The molecule has 0 amide bonds. The fourth-order valence-corrected chi connectivity index (χ4v) is 1.55. The van der Waals surface area contributed by atoms with Gasteiger partial charge in [0.2, 0.25) is 0 Å². The van der Waals surface area contributed by atoms with E-state index in [0.29, 0.717) is 6.92 Å². The fraction of sp³-hybridized carbons (Fsp3) is 0.857. The maximum absolute atomic E-state index is 12.8. The normalized spacial score (nSPS) is 36.4. The van der Waals surface area contributed by atoms with Crippen molar-refractivity contribution in [2.75, 3.05) is 0 Å². The average molecular weight is 269 g/mol. The van der Waals surface area contributed by atoms with Gasteiger partial charge < -0.3 is 9.84 Å². The summed E-state index contributed by atoms with van der Waals surface area (Å²) in [5, 5.41) is 4.30. The number of hydrogen-bond acceptors (Lipinski definition) is 3. The Labute approximate surface area is 91.1 Å². The predicted octanol–water partition coefficient (Wildman–Crippen LogP) is 1.82. The van der Waals surface area contributed by atoms with Crippen LogP contribution >= 0.6 is 11.6 Å². The van der Waals surface area contributed by atoms with Crippen LogP contribution in [0.2, 0.25) is 0 Å². The van der Waals surface area contributed by atoms with Gasteiger partial charge in [-0.15, -0.1) is 0 Å². The molecule has 0 radical (unpaired) electrons. The number of rotatable bonds is 1. The number of aliphatic hydroxyl groups is 1. The first-order valence-electron chi connectivity index (χ1n) is 3.93. The van der Waals surface area contributed by atoms with Crippen molar-refractivity contribution in [2.45, 2.75) is 36.1 Å². The Kier molecular flexibility index (Phi) is 2.68. The highest BCUT2D eigenvalue weighted by molar-refractivity contribution is 6.22. The Hall–Kier alpha value is -0.630. The number of hydrogen-bond donors (Lipinski definition) is 1. The average Bonchev–Trinajstić information content (AvgIpc) is 2.21. The number of alkyl halides is 6. The van der Waals surface area contributed by atoms with Crippen molar-refractivity contribution in [1.29, 1.82) is 0 Å². The molecule has 1 aliphatic rings. The van der Waals surface area contributed by atoms with E-state index in [1.54, 1.807) is 0 Å². The van der Waals surface area contributed by atoms with Gasteiger partial charge in [-0.2, -0.15) is 22.0 Å². The molecule has 0 aromatic carbocycles. The molecule has 0 aliphatic carbocycles. The molecule has 2 atom stereocenters. The zero-order valence-corrected chi connectivity index (χ0v) is 8.49. The second-order valence-electron chi connectivity index (χ2n) is 3.66. The molecular formula is C7H6ClF5O3. The molecule has 0 aromatic rings.